The van der Waals surface area contributed by atoms with E-state index in [4.69, 9.17) is 0 Å². The van der Waals surface area contributed by atoms with E-state index in [2.05, 4.69) is 84.8 Å². The lowest BCUT2D eigenvalue weighted by Gasteiger charge is -2.21. The van der Waals surface area contributed by atoms with Crippen LogP contribution in [0.5, 0.6) is 0 Å². The zero-order valence-electron chi connectivity index (χ0n) is 15.7. The van der Waals surface area contributed by atoms with Gasteiger partial charge in [0.25, 0.3) is 0 Å². The molecule has 120 valence electrons. The Kier molecular flexibility index (Phi) is 5.52. The van der Waals surface area contributed by atoms with Crippen LogP contribution in [0.2, 0.25) is 0 Å². The summed E-state index contributed by atoms with van der Waals surface area (Å²) in [5.41, 5.74) is 11.2. The predicted molar refractivity (Wildman–Crippen MR) is 106 cm³/mol. The maximum Gasteiger partial charge on any atom is 0.235 e. The third kappa shape index (κ3) is 3.78. The van der Waals surface area contributed by atoms with Gasteiger partial charge in [-0.2, -0.15) is 0 Å². The Morgan fingerprint density at radius 2 is 1.04 bits per heavy atom. The SMILES string of the molecule is CC/C=C/B(c1c(C)cc(C)cc1C)c1c(C)cc(C)cc1C. The van der Waals surface area contributed by atoms with Gasteiger partial charge in [-0.3, -0.25) is 0 Å². The van der Waals surface area contributed by atoms with E-state index in [1.54, 1.807) is 0 Å². The van der Waals surface area contributed by atoms with Gasteiger partial charge >= 0.3 is 0 Å². The van der Waals surface area contributed by atoms with Crippen molar-refractivity contribution in [1.82, 2.24) is 0 Å². The molecular weight excluding hydrogens is 275 g/mol. The molecule has 0 saturated heterocycles. The minimum Gasteiger partial charge on any atom is -0.109 e. The standard InChI is InChI=1S/C22H29B/c1-8-9-10-23(21-17(4)11-15(2)12-18(21)5)22-19(6)13-16(3)14-20(22)7/h9-14H,8H2,1-7H3/b10-9+. The second-order valence-corrected chi connectivity index (χ2v) is 6.94. The smallest absolute Gasteiger partial charge is 0.109 e. The monoisotopic (exact) mass is 304 g/mol. The highest BCUT2D eigenvalue weighted by Crippen LogP contribution is 2.13. The molecule has 0 fully saturated rings. The minimum absolute atomic E-state index is 0.344. The first-order valence-corrected chi connectivity index (χ1v) is 8.67. The molecule has 0 unspecified atom stereocenters. The van der Waals surface area contributed by atoms with E-state index in [9.17, 15) is 0 Å². The minimum atomic E-state index is 0.344. The van der Waals surface area contributed by atoms with Crippen LogP contribution in [-0.4, -0.2) is 6.71 Å². The summed E-state index contributed by atoms with van der Waals surface area (Å²) in [6.45, 7) is 15.9. The molecule has 0 heterocycles. The fraction of sp³-hybridized carbons (Fsp3) is 0.364. The van der Waals surface area contributed by atoms with E-state index >= 15 is 0 Å². The summed E-state index contributed by atoms with van der Waals surface area (Å²) in [4.78, 5) is 0. The van der Waals surface area contributed by atoms with Crippen LogP contribution < -0.4 is 10.9 Å². The van der Waals surface area contributed by atoms with Crippen molar-refractivity contribution in [3.05, 3.63) is 69.7 Å². The number of aryl methyl sites for hydroxylation is 6. The van der Waals surface area contributed by atoms with Gasteiger partial charge < -0.3 is 0 Å². The second-order valence-electron chi connectivity index (χ2n) is 6.94. The van der Waals surface area contributed by atoms with Crippen molar-refractivity contribution in [3.63, 3.8) is 0 Å². The average Bonchev–Trinajstić information content (AvgIpc) is 2.41. The molecule has 0 atom stereocenters. The Morgan fingerprint density at radius 3 is 1.35 bits per heavy atom. The molecule has 0 aliphatic heterocycles. The molecule has 0 aliphatic rings. The van der Waals surface area contributed by atoms with Crippen molar-refractivity contribution >= 4 is 17.6 Å². The summed E-state index contributed by atoms with van der Waals surface area (Å²) < 4.78 is 0. The molecule has 0 radical (unpaired) electrons. The van der Waals surface area contributed by atoms with Gasteiger partial charge in [-0.15, -0.1) is 5.98 Å². The Morgan fingerprint density at radius 1 is 0.696 bits per heavy atom. The zero-order chi connectivity index (χ0) is 17.1. The van der Waals surface area contributed by atoms with Gasteiger partial charge in [-0.05, 0) is 48.0 Å². The molecule has 0 nitrogen and oxygen atoms in total. The molecule has 2 rings (SSSR count). The number of allylic oxidation sites excluding steroid dienone is 1. The number of hydrogen-bond donors (Lipinski definition) is 0. The van der Waals surface area contributed by atoms with E-state index in [-0.39, 0.29) is 0 Å². The molecule has 23 heavy (non-hydrogen) atoms. The maximum absolute atomic E-state index is 2.40. The lowest BCUT2D eigenvalue weighted by molar-refractivity contribution is 1.23. The third-order valence-electron chi connectivity index (χ3n) is 4.66. The molecule has 0 N–H and O–H groups in total. The van der Waals surface area contributed by atoms with Crippen LogP contribution in [0.25, 0.3) is 0 Å². The highest BCUT2D eigenvalue weighted by molar-refractivity contribution is 6.90. The van der Waals surface area contributed by atoms with E-state index in [0.29, 0.717) is 6.71 Å². The number of hydrogen-bond acceptors (Lipinski definition) is 0. The van der Waals surface area contributed by atoms with Crippen molar-refractivity contribution in [1.29, 1.82) is 0 Å². The van der Waals surface area contributed by atoms with Crippen molar-refractivity contribution in [2.24, 2.45) is 0 Å². The topological polar surface area (TPSA) is 0 Å². The first-order valence-electron chi connectivity index (χ1n) is 8.67. The van der Waals surface area contributed by atoms with Crippen LogP contribution >= 0.6 is 0 Å². The first-order chi connectivity index (χ1) is 10.8. The van der Waals surface area contributed by atoms with Crippen LogP contribution in [0, 0.1) is 41.5 Å². The molecular formula is C22H29B. The molecule has 2 aromatic carbocycles. The molecule has 0 aromatic heterocycles. The van der Waals surface area contributed by atoms with Gasteiger partial charge in [0.2, 0.25) is 6.71 Å². The lowest BCUT2D eigenvalue weighted by Crippen LogP contribution is -2.46. The molecule has 0 aliphatic carbocycles. The summed E-state index contributed by atoms with van der Waals surface area (Å²) in [5, 5.41) is 0. The largest absolute Gasteiger partial charge is 0.235 e. The second kappa shape index (κ2) is 7.21. The Labute approximate surface area is 142 Å². The van der Waals surface area contributed by atoms with Crippen LogP contribution in [0.4, 0.5) is 0 Å². The van der Waals surface area contributed by atoms with Crippen LogP contribution in [-0.2, 0) is 0 Å². The zero-order valence-corrected chi connectivity index (χ0v) is 15.7. The summed E-state index contributed by atoms with van der Waals surface area (Å²) in [7, 11) is 0. The molecule has 0 spiro atoms. The van der Waals surface area contributed by atoms with Gasteiger partial charge in [0.05, 0.1) is 0 Å². The summed E-state index contributed by atoms with van der Waals surface area (Å²) in [6, 6.07) is 9.25. The van der Waals surface area contributed by atoms with Gasteiger partial charge in [-0.1, -0.05) is 81.6 Å². The summed E-state index contributed by atoms with van der Waals surface area (Å²) in [5.74, 6) is 2.40. The summed E-state index contributed by atoms with van der Waals surface area (Å²) >= 11 is 0. The van der Waals surface area contributed by atoms with Gasteiger partial charge in [-0.25, -0.2) is 0 Å². The van der Waals surface area contributed by atoms with Crippen LogP contribution in [0.1, 0.15) is 46.7 Å². The Balaban J connectivity index is 2.72. The fourth-order valence-corrected chi connectivity index (χ4v) is 3.97. The van der Waals surface area contributed by atoms with Gasteiger partial charge in [0.15, 0.2) is 0 Å². The fourth-order valence-electron chi connectivity index (χ4n) is 3.97. The maximum atomic E-state index is 2.40. The normalized spacial score (nSPS) is 11.3. The van der Waals surface area contributed by atoms with Gasteiger partial charge in [0, 0.05) is 0 Å². The lowest BCUT2D eigenvalue weighted by atomic mass is 9.37. The highest BCUT2D eigenvalue weighted by Gasteiger charge is 2.23. The van der Waals surface area contributed by atoms with Crippen molar-refractivity contribution in [3.8, 4) is 0 Å². The highest BCUT2D eigenvalue weighted by atomic mass is 14.1. The molecule has 2 aromatic rings. The van der Waals surface area contributed by atoms with E-state index < -0.39 is 0 Å². The molecule has 0 bridgehead atoms. The van der Waals surface area contributed by atoms with E-state index in [1.807, 2.05) is 0 Å². The summed E-state index contributed by atoms with van der Waals surface area (Å²) in [6.07, 6.45) is 3.38. The number of benzene rings is 2. The van der Waals surface area contributed by atoms with Crippen molar-refractivity contribution < 1.29 is 0 Å². The van der Waals surface area contributed by atoms with E-state index in [1.165, 1.54) is 44.3 Å². The van der Waals surface area contributed by atoms with Crippen LogP contribution in [0.3, 0.4) is 0 Å². The quantitative estimate of drug-likeness (QED) is 0.721. The first kappa shape index (κ1) is 17.6. The van der Waals surface area contributed by atoms with Crippen molar-refractivity contribution in [2.45, 2.75) is 54.9 Å². The van der Waals surface area contributed by atoms with Gasteiger partial charge in [0.1, 0.15) is 0 Å². The number of rotatable bonds is 4. The predicted octanol–water partition coefficient (Wildman–Crippen LogP) is 4.65. The Hall–Kier alpha value is -1.76. The van der Waals surface area contributed by atoms with E-state index in [0.717, 1.165) is 6.42 Å². The molecule has 1 heteroatoms. The third-order valence-corrected chi connectivity index (χ3v) is 4.66. The average molecular weight is 304 g/mol. The molecule has 0 amide bonds. The van der Waals surface area contributed by atoms with Crippen molar-refractivity contribution in [2.75, 3.05) is 0 Å². The van der Waals surface area contributed by atoms with Crippen LogP contribution in [0.15, 0.2) is 36.3 Å². The molecule has 0 saturated carbocycles. The Bertz CT molecular complexity index is 634.